The van der Waals surface area contributed by atoms with Crippen LogP contribution in [0.15, 0.2) is 30.3 Å². The third-order valence-corrected chi connectivity index (χ3v) is 2.79. The Balaban J connectivity index is 2.16. The third-order valence-electron chi connectivity index (χ3n) is 2.79. The number of benzene rings is 2. The lowest BCUT2D eigenvalue weighted by molar-refractivity contribution is 0.446. The van der Waals surface area contributed by atoms with E-state index < -0.39 is 11.6 Å². The third kappa shape index (κ3) is 2.93. The first-order chi connectivity index (χ1) is 8.97. The number of phenolic OH excluding ortho intramolecular Hbond substituents is 2. The number of rotatable bonds is 3. The molecule has 3 nitrogen and oxygen atoms in total. The minimum absolute atomic E-state index is 0.0237. The van der Waals surface area contributed by atoms with E-state index in [0.29, 0.717) is 5.56 Å². The van der Waals surface area contributed by atoms with E-state index in [-0.39, 0.29) is 29.3 Å². The van der Waals surface area contributed by atoms with E-state index >= 15 is 0 Å². The van der Waals surface area contributed by atoms with Crippen LogP contribution in [0.1, 0.15) is 11.1 Å². The van der Waals surface area contributed by atoms with Gasteiger partial charge in [-0.05, 0) is 30.7 Å². The molecule has 5 heteroatoms. The van der Waals surface area contributed by atoms with Crippen LogP contribution in [0.2, 0.25) is 0 Å². The molecule has 0 amide bonds. The Morgan fingerprint density at radius 1 is 1.05 bits per heavy atom. The number of halogens is 2. The van der Waals surface area contributed by atoms with Gasteiger partial charge in [-0.2, -0.15) is 0 Å². The molecule has 0 aliphatic heterocycles. The fourth-order valence-corrected chi connectivity index (χ4v) is 1.67. The van der Waals surface area contributed by atoms with Gasteiger partial charge in [0.25, 0.3) is 0 Å². The molecule has 2 rings (SSSR count). The largest absolute Gasteiger partial charge is 0.508 e. The molecular weight excluding hydrogens is 252 g/mol. The van der Waals surface area contributed by atoms with Gasteiger partial charge in [0.1, 0.15) is 23.1 Å². The molecule has 0 spiro atoms. The van der Waals surface area contributed by atoms with Crippen LogP contribution in [0.4, 0.5) is 14.5 Å². The molecule has 2 aromatic rings. The van der Waals surface area contributed by atoms with E-state index in [4.69, 9.17) is 5.11 Å². The summed E-state index contributed by atoms with van der Waals surface area (Å²) in [6.07, 6.45) is 0. The van der Waals surface area contributed by atoms with E-state index in [0.717, 1.165) is 12.1 Å². The molecule has 0 radical (unpaired) electrons. The second kappa shape index (κ2) is 5.14. The lowest BCUT2D eigenvalue weighted by Gasteiger charge is -2.10. The van der Waals surface area contributed by atoms with Gasteiger partial charge in [-0.1, -0.05) is 0 Å². The Morgan fingerprint density at radius 3 is 2.47 bits per heavy atom. The smallest absolute Gasteiger partial charge is 0.146 e. The Hall–Kier alpha value is -2.30. The van der Waals surface area contributed by atoms with Gasteiger partial charge in [-0.15, -0.1) is 0 Å². The molecule has 100 valence electrons. The van der Waals surface area contributed by atoms with Crippen molar-refractivity contribution in [1.82, 2.24) is 0 Å². The van der Waals surface area contributed by atoms with Crippen LogP contribution < -0.4 is 5.32 Å². The average Bonchev–Trinajstić information content (AvgIpc) is 2.34. The number of nitrogens with one attached hydrogen (secondary N) is 1. The monoisotopic (exact) mass is 265 g/mol. The maximum Gasteiger partial charge on any atom is 0.146 e. The van der Waals surface area contributed by atoms with Crippen molar-refractivity contribution in [2.75, 3.05) is 5.32 Å². The predicted octanol–water partition coefficient (Wildman–Crippen LogP) is 3.30. The van der Waals surface area contributed by atoms with E-state index in [1.807, 2.05) is 0 Å². The average molecular weight is 265 g/mol. The summed E-state index contributed by atoms with van der Waals surface area (Å²) >= 11 is 0. The van der Waals surface area contributed by atoms with Gasteiger partial charge in [0, 0.05) is 24.2 Å². The zero-order chi connectivity index (χ0) is 14.0. The molecule has 0 bridgehead atoms. The Bertz CT molecular complexity index is 615. The Kier molecular flexibility index (Phi) is 3.55. The molecule has 0 aliphatic rings. The molecule has 0 heterocycles. The van der Waals surface area contributed by atoms with E-state index in [9.17, 15) is 13.9 Å². The summed E-state index contributed by atoms with van der Waals surface area (Å²) in [5, 5.41) is 21.4. The second-order valence-corrected chi connectivity index (χ2v) is 4.25. The molecular formula is C14H13F2NO2. The zero-order valence-electron chi connectivity index (χ0n) is 10.2. The summed E-state index contributed by atoms with van der Waals surface area (Å²) < 4.78 is 26.9. The maximum absolute atomic E-state index is 13.6. The minimum atomic E-state index is -0.558. The van der Waals surface area contributed by atoms with E-state index in [1.54, 1.807) is 0 Å². The highest BCUT2D eigenvalue weighted by Crippen LogP contribution is 2.25. The van der Waals surface area contributed by atoms with Crippen LogP contribution in [-0.4, -0.2) is 10.2 Å². The fraction of sp³-hybridized carbons (Fsp3) is 0.143. The van der Waals surface area contributed by atoms with Gasteiger partial charge in [0.15, 0.2) is 0 Å². The topological polar surface area (TPSA) is 52.5 Å². The lowest BCUT2D eigenvalue weighted by atomic mass is 10.1. The first-order valence-electron chi connectivity index (χ1n) is 5.68. The number of aromatic hydroxyl groups is 2. The highest BCUT2D eigenvalue weighted by molar-refractivity contribution is 5.49. The van der Waals surface area contributed by atoms with Gasteiger partial charge < -0.3 is 15.5 Å². The van der Waals surface area contributed by atoms with E-state index in [2.05, 4.69) is 5.32 Å². The summed E-state index contributed by atoms with van der Waals surface area (Å²) in [7, 11) is 0. The Morgan fingerprint density at radius 2 is 1.79 bits per heavy atom. The number of phenols is 2. The molecule has 19 heavy (non-hydrogen) atoms. The summed E-state index contributed by atoms with van der Waals surface area (Å²) in [6.45, 7) is 1.60. The molecule has 2 aromatic carbocycles. The zero-order valence-corrected chi connectivity index (χ0v) is 10.2. The summed E-state index contributed by atoms with van der Waals surface area (Å²) in [5.74, 6) is -1.23. The van der Waals surface area contributed by atoms with Crippen LogP contribution in [0.5, 0.6) is 11.5 Å². The van der Waals surface area contributed by atoms with Crippen molar-refractivity contribution in [3.05, 3.63) is 53.1 Å². The summed E-state index contributed by atoms with van der Waals surface area (Å²) in [6, 6.07) is 6.27. The van der Waals surface area contributed by atoms with Crippen molar-refractivity contribution in [3.8, 4) is 11.5 Å². The van der Waals surface area contributed by atoms with Gasteiger partial charge in [-0.3, -0.25) is 0 Å². The molecule has 3 N–H and O–H groups in total. The molecule has 0 aliphatic carbocycles. The van der Waals surface area contributed by atoms with Gasteiger partial charge >= 0.3 is 0 Å². The van der Waals surface area contributed by atoms with Gasteiger partial charge in [0.2, 0.25) is 0 Å². The standard InChI is InChI=1S/C14H13F2NO2/c1-8-4-12(16)13(6-11(8)15)17-7-9-2-3-10(18)5-14(9)19/h2-6,17-19H,7H2,1H3. The molecule has 0 saturated heterocycles. The highest BCUT2D eigenvalue weighted by Gasteiger charge is 2.08. The number of anilines is 1. The SMILES string of the molecule is Cc1cc(F)c(NCc2ccc(O)cc2O)cc1F. The van der Waals surface area contributed by atoms with Crippen molar-refractivity contribution >= 4 is 5.69 Å². The first kappa shape index (κ1) is 13.1. The van der Waals surface area contributed by atoms with Gasteiger partial charge in [0.05, 0.1) is 5.69 Å². The number of aryl methyl sites for hydroxylation is 1. The first-order valence-corrected chi connectivity index (χ1v) is 5.68. The molecule has 0 fully saturated rings. The van der Waals surface area contributed by atoms with Crippen LogP contribution in [0.3, 0.4) is 0 Å². The lowest BCUT2D eigenvalue weighted by Crippen LogP contribution is -2.03. The second-order valence-electron chi connectivity index (χ2n) is 4.25. The van der Waals surface area contributed by atoms with Crippen LogP contribution >= 0.6 is 0 Å². The molecule has 0 aromatic heterocycles. The quantitative estimate of drug-likeness (QED) is 0.798. The van der Waals surface area contributed by atoms with Crippen molar-refractivity contribution in [2.24, 2.45) is 0 Å². The van der Waals surface area contributed by atoms with Crippen molar-refractivity contribution < 1.29 is 19.0 Å². The summed E-state index contributed by atoms with van der Waals surface area (Å²) in [4.78, 5) is 0. The highest BCUT2D eigenvalue weighted by atomic mass is 19.1. The Labute approximate surface area is 109 Å². The van der Waals surface area contributed by atoms with Crippen molar-refractivity contribution in [1.29, 1.82) is 0 Å². The van der Waals surface area contributed by atoms with Gasteiger partial charge in [-0.25, -0.2) is 8.78 Å². The minimum Gasteiger partial charge on any atom is -0.508 e. The number of hydrogen-bond acceptors (Lipinski definition) is 3. The fourth-order valence-electron chi connectivity index (χ4n) is 1.67. The van der Waals surface area contributed by atoms with Crippen molar-refractivity contribution in [3.63, 3.8) is 0 Å². The summed E-state index contributed by atoms with van der Waals surface area (Å²) in [5.41, 5.74) is 0.726. The predicted molar refractivity (Wildman–Crippen MR) is 68.2 cm³/mol. The van der Waals surface area contributed by atoms with Crippen LogP contribution in [-0.2, 0) is 6.54 Å². The molecule has 0 atom stereocenters. The number of hydrogen-bond donors (Lipinski definition) is 3. The molecule has 0 saturated carbocycles. The maximum atomic E-state index is 13.6. The van der Waals surface area contributed by atoms with Crippen LogP contribution in [0.25, 0.3) is 0 Å². The molecule has 0 unspecified atom stereocenters. The van der Waals surface area contributed by atoms with Crippen LogP contribution in [0, 0.1) is 18.6 Å². The normalized spacial score (nSPS) is 10.5. The van der Waals surface area contributed by atoms with E-state index in [1.165, 1.54) is 25.1 Å². The van der Waals surface area contributed by atoms with Crippen molar-refractivity contribution in [2.45, 2.75) is 13.5 Å².